The van der Waals surface area contributed by atoms with Crippen molar-refractivity contribution < 1.29 is 17.6 Å². The molecule has 2 aromatic rings. The van der Waals surface area contributed by atoms with Gasteiger partial charge < -0.3 is 11.1 Å². The largest absolute Gasteiger partial charge is 0.321 e. The lowest BCUT2D eigenvalue weighted by molar-refractivity contribution is 0.00434. The first-order valence-electron chi connectivity index (χ1n) is 7.28. The second-order valence-electron chi connectivity index (χ2n) is 5.80. The fraction of sp³-hybridized carbons (Fsp3) is 0.294. The average Bonchev–Trinajstić information content (AvgIpc) is 2.77. The quantitative estimate of drug-likeness (QED) is 0.852. The van der Waals surface area contributed by atoms with Crippen molar-refractivity contribution in [2.24, 2.45) is 5.73 Å². The van der Waals surface area contributed by atoms with E-state index in [1.54, 1.807) is 24.3 Å². The number of benzene rings is 2. The summed E-state index contributed by atoms with van der Waals surface area (Å²) in [5.74, 6) is -4.01. The summed E-state index contributed by atoms with van der Waals surface area (Å²) in [6.45, 7) is -0.447. The predicted octanol–water partition coefficient (Wildman–Crippen LogP) is 3.11. The van der Waals surface area contributed by atoms with Gasteiger partial charge in [0.25, 0.3) is 5.92 Å². The lowest BCUT2D eigenvalue weighted by Gasteiger charge is -2.19. The molecule has 1 aliphatic heterocycles. The Hall–Kier alpha value is -1.92. The third kappa shape index (κ3) is 3.23. The third-order valence-electron chi connectivity index (χ3n) is 4.14. The molecule has 0 bridgehead atoms. The van der Waals surface area contributed by atoms with E-state index in [2.05, 4.69) is 5.32 Å². The molecule has 2 atom stereocenters. The van der Waals surface area contributed by atoms with Gasteiger partial charge in [0.1, 0.15) is 11.6 Å². The van der Waals surface area contributed by atoms with Crippen molar-refractivity contribution in [2.45, 2.75) is 24.4 Å². The second-order valence-corrected chi connectivity index (χ2v) is 5.80. The number of nitrogens with one attached hydrogen (secondary N) is 1. The lowest BCUT2D eigenvalue weighted by atomic mass is 9.96. The summed E-state index contributed by atoms with van der Waals surface area (Å²) in [4.78, 5) is 0. The molecule has 1 saturated heterocycles. The van der Waals surface area contributed by atoms with Gasteiger partial charge in [-0.2, -0.15) is 0 Å². The molecule has 0 aliphatic carbocycles. The van der Waals surface area contributed by atoms with E-state index in [0.29, 0.717) is 12.0 Å². The maximum Gasteiger partial charge on any atom is 0.276 e. The van der Waals surface area contributed by atoms with Crippen LogP contribution in [0.5, 0.6) is 0 Å². The molecule has 1 heterocycles. The Kier molecular flexibility index (Phi) is 4.12. The van der Waals surface area contributed by atoms with E-state index in [9.17, 15) is 17.6 Å². The Morgan fingerprint density at radius 3 is 2.61 bits per heavy atom. The van der Waals surface area contributed by atoms with E-state index >= 15 is 0 Å². The van der Waals surface area contributed by atoms with Crippen LogP contribution >= 0.6 is 0 Å². The molecule has 2 unspecified atom stereocenters. The molecular weight excluding hydrogens is 308 g/mol. The van der Waals surface area contributed by atoms with E-state index in [-0.39, 0.29) is 5.56 Å². The molecule has 1 fully saturated rings. The first kappa shape index (κ1) is 16.0. The molecule has 0 aromatic heterocycles. The van der Waals surface area contributed by atoms with Crippen LogP contribution in [-0.4, -0.2) is 24.6 Å². The fourth-order valence-corrected chi connectivity index (χ4v) is 2.84. The van der Waals surface area contributed by atoms with Crippen molar-refractivity contribution in [1.82, 2.24) is 5.32 Å². The fourth-order valence-electron chi connectivity index (χ4n) is 2.84. The number of halogens is 4. The first-order chi connectivity index (χ1) is 10.9. The molecule has 0 amide bonds. The molecule has 3 N–H and O–H groups in total. The van der Waals surface area contributed by atoms with Gasteiger partial charge in [-0.15, -0.1) is 0 Å². The van der Waals surface area contributed by atoms with E-state index in [0.717, 1.165) is 23.8 Å². The van der Waals surface area contributed by atoms with Gasteiger partial charge >= 0.3 is 0 Å². The minimum atomic E-state index is -2.93. The highest BCUT2D eigenvalue weighted by atomic mass is 19.3. The van der Waals surface area contributed by atoms with Crippen LogP contribution < -0.4 is 11.1 Å². The number of hydrogen-bond acceptors (Lipinski definition) is 2. The van der Waals surface area contributed by atoms with Gasteiger partial charge in [0.05, 0.1) is 12.6 Å². The van der Waals surface area contributed by atoms with Gasteiger partial charge in [-0.3, -0.25) is 0 Å². The summed E-state index contributed by atoms with van der Waals surface area (Å²) in [5.41, 5.74) is 6.95. The van der Waals surface area contributed by atoms with Crippen LogP contribution in [0.1, 0.15) is 5.56 Å². The highest BCUT2D eigenvalue weighted by Crippen LogP contribution is 2.28. The van der Waals surface area contributed by atoms with Crippen molar-refractivity contribution in [3.63, 3.8) is 0 Å². The molecule has 2 nitrogen and oxygen atoms in total. The Morgan fingerprint density at radius 2 is 1.91 bits per heavy atom. The Bertz CT molecular complexity index is 717. The van der Waals surface area contributed by atoms with Crippen molar-refractivity contribution in [2.75, 3.05) is 6.54 Å². The van der Waals surface area contributed by atoms with Gasteiger partial charge in [0, 0.05) is 11.6 Å². The SMILES string of the molecule is NC1C(Cc2cccc(-c3cc(F)ccc3F)c2)NCC1(F)F. The zero-order valence-electron chi connectivity index (χ0n) is 12.2. The minimum Gasteiger partial charge on any atom is -0.321 e. The molecule has 23 heavy (non-hydrogen) atoms. The Labute approximate surface area is 131 Å². The van der Waals surface area contributed by atoms with Crippen LogP contribution in [-0.2, 0) is 6.42 Å². The lowest BCUT2D eigenvalue weighted by Crippen LogP contribution is -2.45. The zero-order chi connectivity index (χ0) is 16.6. The first-order valence-corrected chi connectivity index (χ1v) is 7.28. The van der Waals surface area contributed by atoms with Gasteiger partial charge in [0.2, 0.25) is 0 Å². The van der Waals surface area contributed by atoms with Gasteiger partial charge in [-0.1, -0.05) is 24.3 Å². The molecular formula is C17H16F4N2. The number of nitrogens with two attached hydrogens (primary N) is 1. The van der Waals surface area contributed by atoms with E-state index in [1.807, 2.05) is 0 Å². The van der Waals surface area contributed by atoms with Gasteiger partial charge in [-0.25, -0.2) is 17.6 Å². The Balaban J connectivity index is 1.85. The third-order valence-corrected chi connectivity index (χ3v) is 4.14. The highest BCUT2D eigenvalue weighted by molar-refractivity contribution is 5.65. The van der Waals surface area contributed by atoms with Crippen molar-refractivity contribution >= 4 is 0 Å². The summed E-state index contributed by atoms with van der Waals surface area (Å²) in [6, 6.07) is 8.16. The second kappa shape index (κ2) is 5.94. The van der Waals surface area contributed by atoms with E-state index in [4.69, 9.17) is 5.73 Å². The molecule has 0 radical (unpaired) electrons. The normalized spacial score (nSPS) is 23.2. The summed E-state index contributed by atoms with van der Waals surface area (Å²) in [5, 5.41) is 2.72. The van der Waals surface area contributed by atoms with Crippen molar-refractivity contribution in [3.8, 4) is 11.1 Å². The van der Waals surface area contributed by atoms with Crippen LogP contribution in [0.4, 0.5) is 17.6 Å². The van der Waals surface area contributed by atoms with E-state index < -0.39 is 36.2 Å². The van der Waals surface area contributed by atoms with E-state index in [1.165, 1.54) is 0 Å². The van der Waals surface area contributed by atoms with Crippen LogP contribution in [0.15, 0.2) is 42.5 Å². The van der Waals surface area contributed by atoms with Gasteiger partial charge in [-0.05, 0) is 35.7 Å². The Morgan fingerprint density at radius 1 is 1.13 bits per heavy atom. The molecule has 3 rings (SSSR count). The van der Waals surface area contributed by atoms with Crippen molar-refractivity contribution in [1.29, 1.82) is 0 Å². The maximum atomic E-state index is 13.9. The molecule has 122 valence electrons. The minimum absolute atomic E-state index is 0.140. The molecule has 6 heteroatoms. The number of alkyl halides is 2. The topological polar surface area (TPSA) is 38.0 Å². The molecule has 0 saturated carbocycles. The monoisotopic (exact) mass is 324 g/mol. The molecule has 1 aliphatic rings. The summed E-state index contributed by atoms with van der Waals surface area (Å²) >= 11 is 0. The van der Waals surface area contributed by atoms with Gasteiger partial charge in [0.15, 0.2) is 0 Å². The molecule has 2 aromatic carbocycles. The average molecular weight is 324 g/mol. The highest BCUT2D eigenvalue weighted by Gasteiger charge is 2.47. The maximum absolute atomic E-state index is 13.9. The number of hydrogen-bond donors (Lipinski definition) is 2. The summed E-state index contributed by atoms with van der Waals surface area (Å²) in [7, 11) is 0. The summed E-state index contributed by atoms with van der Waals surface area (Å²) in [6.07, 6.45) is 0.293. The van der Waals surface area contributed by atoms with Crippen LogP contribution in [0, 0.1) is 11.6 Å². The van der Waals surface area contributed by atoms with Crippen LogP contribution in [0.2, 0.25) is 0 Å². The van der Waals surface area contributed by atoms with Crippen molar-refractivity contribution in [3.05, 3.63) is 59.7 Å². The number of rotatable bonds is 3. The van der Waals surface area contributed by atoms with Crippen LogP contribution in [0.3, 0.4) is 0 Å². The predicted molar refractivity (Wildman–Crippen MR) is 80.2 cm³/mol. The smallest absolute Gasteiger partial charge is 0.276 e. The standard InChI is InChI=1S/C17H16F4N2/c18-12-4-5-14(19)13(8-12)11-3-1-2-10(6-11)7-15-16(22)17(20,21)9-23-15/h1-6,8,15-16,23H,7,9,22H2. The van der Waals surface area contributed by atoms with Crippen LogP contribution in [0.25, 0.3) is 11.1 Å². The summed E-state index contributed by atoms with van der Waals surface area (Å²) < 4.78 is 54.1. The molecule has 0 spiro atoms. The zero-order valence-corrected chi connectivity index (χ0v) is 12.2.